The van der Waals surface area contributed by atoms with E-state index in [4.69, 9.17) is 13.7 Å². The number of hydrogen-bond acceptors (Lipinski definition) is 8. The normalized spacial score (nSPS) is 11.0. The maximum atomic E-state index is 5.76. The van der Waals surface area contributed by atoms with Gasteiger partial charge < -0.3 is 13.7 Å². The minimum atomic E-state index is 0.436. The van der Waals surface area contributed by atoms with Crippen molar-refractivity contribution >= 4 is 11.8 Å². The van der Waals surface area contributed by atoms with E-state index in [-0.39, 0.29) is 0 Å². The fraction of sp³-hybridized carbons (Fsp3) is 0.200. The number of nitrogens with zero attached hydrogens (tertiary/aromatic N) is 4. The highest BCUT2D eigenvalue weighted by Crippen LogP contribution is 2.27. The molecule has 0 radical (unpaired) electrons. The molecule has 0 amide bonds. The molecule has 0 aliphatic heterocycles. The number of hydrogen-bond donors (Lipinski definition) is 0. The maximum absolute atomic E-state index is 5.76. The summed E-state index contributed by atoms with van der Waals surface area (Å²) in [5, 5.41) is 12.7. The Hall–Kier alpha value is -3.13. The number of benzene rings is 2. The lowest BCUT2D eigenvalue weighted by atomic mass is 10.1. The highest BCUT2D eigenvalue weighted by Gasteiger charge is 2.14. The van der Waals surface area contributed by atoms with Crippen LogP contribution in [-0.2, 0) is 5.75 Å². The zero-order valence-electron chi connectivity index (χ0n) is 15.7. The van der Waals surface area contributed by atoms with Crippen LogP contribution < -0.4 is 4.74 Å². The first-order valence-corrected chi connectivity index (χ1v) is 9.61. The van der Waals surface area contributed by atoms with E-state index >= 15 is 0 Å². The molecule has 0 unspecified atom stereocenters. The number of aromatic nitrogens is 4. The number of ether oxygens (including phenoxy) is 1. The molecule has 0 fully saturated rings. The van der Waals surface area contributed by atoms with Crippen LogP contribution >= 0.6 is 11.8 Å². The monoisotopic (exact) mass is 394 g/mol. The Balaban J connectivity index is 1.44. The molecule has 2 aromatic carbocycles. The highest BCUT2D eigenvalue weighted by atomic mass is 32.2. The van der Waals surface area contributed by atoms with E-state index in [0.717, 1.165) is 28.0 Å². The van der Waals surface area contributed by atoms with Crippen LogP contribution in [0.1, 0.15) is 17.0 Å². The summed E-state index contributed by atoms with van der Waals surface area (Å²) in [7, 11) is 1.62. The predicted octanol–water partition coefficient (Wildman–Crippen LogP) is 4.70. The Morgan fingerprint density at radius 3 is 2.61 bits per heavy atom. The quantitative estimate of drug-likeness (QED) is 0.435. The van der Waals surface area contributed by atoms with E-state index < -0.39 is 0 Å². The molecule has 4 aromatic rings. The van der Waals surface area contributed by atoms with Crippen molar-refractivity contribution in [1.29, 1.82) is 0 Å². The van der Waals surface area contributed by atoms with Gasteiger partial charge in [0.2, 0.25) is 17.6 Å². The molecular formula is C20H18N4O3S. The van der Waals surface area contributed by atoms with Gasteiger partial charge in [-0.3, -0.25) is 0 Å². The first-order chi connectivity index (χ1) is 13.6. The van der Waals surface area contributed by atoms with E-state index in [1.165, 1.54) is 11.8 Å². The van der Waals surface area contributed by atoms with Gasteiger partial charge in [0.1, 0.15) is 5.75 Å². The van der Waals surface area contributed by atoms with Gasteiger partial charge in [0, 0.05) is 11.1 Å². The minimum Gasteiger partial charge on any atom is -0.497 e. The average Bonchev–Trinajstić information content (AvgIpc) is 3.35. The van der Waals surface area contributed by atoms with E-state index in [9.17, 15) is 0 Å². The number of rotatable bonds is 6. The zero-order valence-corrected chi connectivity index (χ0v) is 16.5. The first-order valence-electron chi connectivity index (χ1n) is 8.63. The van der Waals surface area contributed by atoms with Crippen molar-refractivity contribution in [1.82, 2.24) is 20.3 Å². The first kappa shape index (κ1) is 18.2. The van der Waals surface area contributed by atoms with Gasteiger partial charge in [-0.05, 0) is 38.1 Å². The Morgan fingerprint density at radius 2 is 1.82 bits per heavy atom. The van der Waals surface area contributed by atoms with Gasteiger partial charge in [-0.1, -0.05) is 46.2 Å². The summed E-state index contributed by atoms with van der Waals surface area (Å²) in [4.78, 5) is 4.42. The van der Waals surface area contributed by atoms with Gasteiger partial charge in [0.05, 0.1) is 12.9 Å². The molecule has 7 nitrogen and oxygen atoms in total. The third-order valence-corrected chi connectivity index (χ3v) is 4.79. The third kappa shape index (κ3) is 4.07. The summed E-state index contributed by atoms with van der Waals surface area (Å²) in [5.41, 5.74) is 4.04. The van der Waals surface area contributed by atoms with Crippen molar-refractivity contribution in [3.8, 4) is 28.6 Å². The molecule has 0 N–H and O–H groups in total. The fourth-order valence-corrected chi connectivity index (χ4v) is 3.40. The van der Waals surface area contributed by atoms with Crippen molar-refractivity contribution in [3.05, 3.63) is 59.5 Å². The highest BCUT2D eigenvalue weighted by molar-refractivity contribution is 7.98. The Kier molecular flexibility index (Phi) is 5.12. The second-order valence-electron chi connectivity index (χ2n) is 6.28. The lowest BCUT2D eigenvalue weighted by Gasteiger charge is -2.00. The third-order valence-electron chi connectivity index (χ3n) is 3.99. The van der Waals surface area contributed by atoms with Crippen LogP contribution in [0.25, 0.3) is 22.8 Å². The van der Waals surface area contributed by atoms with E-state index in [0.29, 0.717) is 28.6 Å². The lowest BCUT2D eigenvalue weighted by molar-refractivity contribution is 0.390. The van der Waals surface area contributed by atoms with Crippen LogP contribution in [0.5, 0.6) is 5.75 Å². The van der Waals surface area contributed by atoms with Crippen LogP contribution in [0.4, 0.5) is 0 Å². The minimum absolute atomic E-state index is 0.436. The van der Waals surface area contributed by atoms with Gasteiger partial charge in [0.15, 0.2) is 0 Å². The molecule has 0 aliphatic rings. The fourth-order valence-electron chi connectivity index (χ4n) is 2.80. The van der Waals surface area contributed by atoms with Gasteiger partial charge in [0.25, 0.3) is 5.22 Å². The Morgan fingerprint density at radius 1 is 1.00 bits per heavy atom. The standard InChI is InChI=1S/C20H18N4O3S/c1-12-7-13(2)9-15(8-12)19-22-23-20(26-19)28-11-17-21-18(24-27-17)14-5-4-6-16(10-14)25-3/h4-10H,11H2,1-3H3. The molecule has 0 saturated carbocycles. The SMILES string of the molecule is COc1cccc(-c2noc(CSc3nnc(-c4cc(C)cc(C)c4)o3)n2)c1. The van der Waals surface area contributed by atoms with Gasteiger partial charge >= 0.3 is 0 Å². The predicted molar refractivity (Wildman–Crippen MR) is 105 cm³/mol. The molecule has 2 heterocycles. The summed E-state index contributed by atoms with van der Waals surface area (Å²) in [6.07, 6.45) is 0. The van der Waals surface area contributed by atoms with Crippen LogP contribution in [0, 0.1) is 13.8 Å². The van der Waals surface area contributed by atoms with Gasteiger partial charge in [-0.15, -0.1) is 10.2 Å². The molecule has 0 spiro atoms. The Bertz CT molecular complexity index is 1090. The maximum Gasteiger partial charge on any atom is 0.277 e. The number of methoxy groups -OCH3 is 1. The number of aryl methyl sites for hydroxylation is 2. The Labute approximate surface area is 166 Å². The molecule has 4 rings (SSSR count). The largest absolute Gasteiger partial charge is 0.497 e. The average molecular weight is 394 g/mol. The number of thioether (sulfide) groups is 1. The molecule has 28 heavy (non-hydrogen) atoms. The van der Waals surface area contributed by atoms with E-state index in [1.807, 2.05) is 50.2 Å². The summed E-state index contributed by atoms with van der Waals surface area (Å²) >= 11 is 1.35. The van der Waals surface area contributed by atoms with Crippen LogP contribution in [-0.4, -0.2) is 27.4 Å². The topological polar surface area (TPSA) is 87.1 Å². The van der Waals surface area contributed by atoms with E-state index in [2.05, 4.69) is 26.4 Å². The van der Waals surface area contributed by atoms with Crippen LogP contribution in [0.2, 0.25) is 0 Å². The molecule has 0 saturated heterocycles. The summed E-state index contributed by atoms with van der Waals surface area (Å²) in [5.74, 6) is 2.66. The van der Waals surface area contributed by atoms with Crippen LogP contribution in [0.3, 0.4) is 0 Å². The summed E-state index contributed by atoms with van der Waals surface area (Å²) in [6, 6.07) is 13.6. The summed E-state index contributed by atoms with van der Waals surface area (Å²) in [6.45, 7) is 4.08. The summed E-state index contributed by atoms with van der Waals surface area (Å²) < 4.78 is 16.3. The second-order valence-corrected chi connectivity index (χ2v) is 7.21. The van der Waals surface area contributed by atoms with Crippen molar-refractivity contribution in [3.63, 3.8) is 0 Å². The second kappa shape index (κ2) is 7.85. The van der Waals surface area contributed by atoms with Crippen molar-refractivity contribution in [2.75, 3.05) is 7.11 Å². The molecule has 0 aliphatic carbocycles. The smallest absolute Gasteiger partial charge is 0.277 e. The van der Waals surface area contributed by atoms with E-state index in [1.54, 1.807) is 7.11 Å². The van der Waals surface area contributed by atoms with Crippen LogP contribution in [0.15, 0.2) is 56.6 Å². The molecule has 0 atom stereocenters. The molecule has 0 bridgehead atoms. The van der Waals surface area contributed by atoms with Crippen molar-refractivity contribution < 1.29 is 13.7 Å². The van der Waals surface area contributed by atoms with Gasteiger partial charge in [-0.2, -0.15) is 4.98 Å². The molecular weight excluding hydrogens is 376 g/mol. The molecule has 2 aromatic heterocycles. The molecule has 8 heteroatoms. The zero-order chi connectivity index (χ0) is 19.5. The lowest BCUT2D eigenvalue weighted by Crippen LogP contribution is -1.86. The van der Waals surface area contributed by atoms with Crippen molar-refractivity contribution in [2.24, 2.45) is 0 Å². The molecule has 142 valence electrons. The van der Waals surface area contributed by atoms with Crippen molar-refractivity contribution in [2.45, 2.75) is 24.8 Å². The van der Waals surface area contributed by atoms with Gasteiger partial charge in [-0.25, -0.2) is 0 Å².